The van der Waals surface area contributed by atoms with E-state index >= 15 is 0 Å². The molecule has 280 valence electrons. The average molecular weight is 767 g/mol. The Kier molecular flexibility index (Phi) is 7.74. The van der Waals surface area contributed by atoms with Gasteiger partial charge in [-0.2, -0.15) is 0 Å². The molecule has 0 unspecified atom stereocenters. The average Bonchev–Trinajstić information content (AvgIpc) is 3.91. The number of benzene rings is 9. The number of aromatic nitrogens is 6. The maximum Gasteiger partial charge on any atom is 0.145 e. The number of hydrogen-bond acceptors (Lipinski definition) is 4. The minimum Gasteiger partial charge on any atom is -0.292 e. The van der Waals surface area contributed by atoms with Crippen LogP contribution in [0.3, 0.4) is 0 Å². The number of rotatable bonds is 6. The highest BCUT2D eigenvalue weighted by Crippen LogP contribution is 2.37. The van der Waals surface area contributed by atoms with Crippen molar-refractivity contribution in [1.82, 2.24) is 29.1 Å². The first-order valence-corrected chi connectivity index (χ1v) is 20.1. The van der Waals surface area contributed by atoms with Crippen LogP contribution in [0.2, 0.25) is 0 Å². The Hall–Kier alpha value is -8.22. The maximum absolute atomic E-state index is 5.13. The maximum atomic E-state index is 5.13. The van der Waals surface area contributed by atoms with E-state index in [4.69, 9.17) is 19.9 Å². The van der Waals surface area contributed by atoms with Gasteiger partial charge in [-0.3, -0.25) is 19.1 Å². The Bertz CT molecular complexity index is 3360. The molecule has 0 spiro atoms. The fourth-order valence-electron chi connectivity index (χ4n) is 8.72. The molecule has 0 atom stereocenters. The van der Waals surface area contributed by atoms with Gasteiger partial charge in [-0.15, -0.1) is 0 Å². The summed E-state index contributed by atoms with van der Waals surface area (Å²) >= 11 is 0. The first-order valence-electron chi connectivity index (χ1n) is 20.1. The lowest BCUT2D eigenvalue weighted by Gasteiger charge is -2.14. The molecule has 0 saturated heterocycles. The van der Waals surface area contributed by atoms with Crippen molar-refractivity contribution in [2.24, 2.45) is 0 Å². The first kappa shape index (κ1) is 33.9. The Morgan fingerprint density at radius 2 is 0.700 bits per heavy atom. The largest absolute Gasteiger partial charge is 0.292 e. The second kappa shape index (κ2) is 13.7. The van der Waals surface area contributed by atoms with E-state index in [-0.39, 0.29) is 0 Å². The molecule has 6 nitrogen and oxygen atoms in total. The molecule has 0 fully saturated rings. The van der Waals surface area contributed by atoms with Crippen LogP contribution in [0.25, 0.3) is 111 Å². The summed E-state index contributed by atoms with van der Waals surface area (Å²) in [6.07, 6.45) is 3.55. The second-order valence-electron chi connectivity index (χ2n) is 15.2. The number of imidazole rings is 2. The smallest absolute Gasteiger partial charge is 0.145 e. The van der Waals surface area contributed by atoms with E-state index in [9.17, 15) is 0 Å². The summed E-state index contributed by atoms with van der Waals surface area (Å²) in [4.78, 5) is 20.1. The van der Waals surface area contributed by atoms with Crippen molar-refractivity contribution in [2.75, 3.05) is 0 Å². The van der Waals surface area contributed by atoms with Gasteiger partial charge in [0.25, 0.3) is 0 Å². The molecule has 0 saturated carbocycles. The van der Waals surface area contributed by atoms with E-state index < -0.39 is 0 Å². The number of fused-ring (bicyclic) bond motifs is 5. The Balaban J connectivity index is 0.910. The molecule has 0 amide bonds. The minimum atomic E-state index is 0.857. The molecule has 0 N–H and O–H groups in total. The SMILES string of the molecule is c1ccc2cc(-c3nc4ccccc4n3-c3ccc(-c4ccc(-c5ccc(-n6c(-c7ccc8ccccc8c7)nc7ccccc76)cc5)c5nccnc45)cc3)ccc2c1. The predicted octanol–water partition coefficient (Wildman–Crippen LogP) is 13.3. The fourth-order valence-corrected chi connectivity index (χ4v) is 8.72. The van der Waals surface area contributed by atoms with Crippen molar-refractivity contribution in [2.45, 2.75) is 0 Å². The minimum absolute atomic E-state index is 0.857. The summed E-state index contributed by atoms with van der Waals surface area (Å²) in [7, 11) is 0. The van der Waals surface area contributed by atoms with E-state index in [1.54, 1.807) is 12.4 Å². The van der Waals surface area contributed by atoms with Crippen LogP contribution in [-0.2, 0) is 0 Å². The molecule has 3 aromatic heterocycles. The van der Waals surface area contributed by atoms with Crippen LogP contribution in [0.5, 0.6) is 0 Å². The van der Waals surface area contributed by atoms with Gasteiger partial charge in [-0.25, -0.2) is 9.97 Å². The summed E-state index contributed by atoms with van der Waals surface area (Å²) in [6.45, 7) is 0. The lowest BCUT2D eigenvalue weighted by atomic mass is 9.97. The predicted molar refractivity (Wildman–Crippen MR) is 246 cm³/mol. The second-order valence-corrected chi connectivity index (χ2v) is 15.2. The van der Waals surface area contributed by atoms with Crippen LogP contribution < -0.4 is 0 Å². The number of nitrogens with zero attached hydrogens (tertiary/aromatic N) is 6. The summed E-state index contributed by atoms with van der Waals surface area (Å²) < 4.78 is 4.51. The number of hydrogen-bond donors (Lipinski definition) is 0. The van der Waals surface area contributed by atoms with Gasteiger partial charge in [0.1, 0.15) is 11.6 Å². The normalized spacial score (nSPS) is 11.7. The molecule has 0 aliphatic carbocycles. The van der Waals surface area contributed by atoms with Crippen molar-refractivity contribution in [3.63, 3.8) is 0 Å². The van der Waals surface area contributed by atoms with Gasteiger partial charge >= 0.3 is 0 Å². The Morgan fingerprint density at radius 3 is 1.15 bits per heavy atom. The van der Waals surface area contributed by atoms with Gasteiger partial charge in [-0.1, -0.05) is 133 Å². The summed E-state index contributed by atoms with van der Waals surface area (Å²) in [6, 6.07) is 68.4. The van der Waals surface area contributed by atoms with Crippen LogP contribution in [0.4, 0.5) is 0 Å². The highest BCUT2D eigenvalue weighted by atomic mass is 15.1. The highest BCUT2D eigenvalue weighted by Gasteiger charge is 2.18. The first-order chi connectivity index (χ1) is 29.7. The van der Waals surface area contributed by atoms with Crippen molar-refractivity contribution in [3.05, 3.63) is 207 Å². The third kappa shape index (κ3) is 5.57. The van der Waals surface area contributed by atoms with E-state index in [0.717, 1.165) is 89.5 Å². The van der Waals surface area contributed by atoms with E-state index in [2.05, 4.69) is 191 Å². The van der Waals surface area contributed by atoms with E-state index in [0.29, 0.717) is 0 Å². The van der Waals surface area contributed by atoms with Crippen molar-refractivity contribution < 1.29 is 0 Å². The van der Waals surface area contributed by atoms with Gasteiger partial charge in [-0.05, 0) is 93.3 Å². The standard InChI is InChI=1S/C54H34N6/c1-3-11-39-33-41(19-17-35(39)9-1)53-57-47-13-5-7-15-49(47)59(53)43-25-21-37(22-26-43)45-29-30-46(52-51(45)55-31-32-56-52)38-23-27-44(28-24-38)60-50-16-8-6-14-48(50)58-54(60)42-20-18-36-10-2-4-12-40(36)34-42/h1-34H. The quantitative estimate of drug-likeness (QED) is 0.169. The topological polar surface area (TPSA) is 61.4 Å². The zero-order valence-electron chi connectivity index (χ0n) is 32.3. The lowest BCUT2D eigenvalue weighted by Crippen LogP contribution is -1.98. The lowest BCUT2D eigenvalue weighted by molar-refractivity contribution is 1.10. The zero-order valence-corrected chi connectivity index (χ0v) is 32.3. The van der Waals surface area contributed by atoms with E-state index in [1.165, 1.54) is 21.5 Å². The Labute approximate surface area is 345 Å². The summed E-state index contributed by atoms with van der Waals surface area (Å²) in [5, 5.41) is 4.80. The van der Waals surface area contributed by atoms with Gasteiger partial charge in [0.05, 0.1) is 33.1 Å². The van der Waals surface area contributed by atoms with Gasteiger partial charge in [0.15, 0.2) is 0 Å². The van der Waals surface area contributed by atoms with Gasteiger partial charge in [0.2, 0.25) is 0 Å². The molecule has 12 rings (SSSR count). The molecule has 0 bridgehead atoms. The fraction of sp³-hybridized carbons (Fsp3) is 0. The molecule has 9 aromatic carbocycles. The molecule has 3 heterocycles. The summed E-state index contributed by atoms with van der Waals surface area (Å²) in [5.74, 6) is 1.82. The third-order valence-corrected chi connectivity index (χ3v) is 11.6. The molecule has 6 heteroatoms. The molecule has 0 aliphatic heterocycles. The van der Waals surface area contributed by atoms with Crippen molar-refractivity contribution >= 4 is 54.6 Å². The van der Waals surface area contributed by atoms with Crippen LogP contribution in [0.15, 0.2) is 207 Å². The third-order valence-electron chi connectivity index (χ3n) is 11.6. The van der Waals surface area contributed by atoms with Crippen LogP contribution in [-0.4, -0.2) is 29.1 Å². The van der Waals surface area contributed by atoms with Crippen molar-refractivity contribution in [3.8, 4) is 56.4 Å². The number of para-hydroxylation sites is 4. The monoisotopic (exact) mass is 766 g/mol. The molecular formula is C54H34N6. The van der Waals surface area contributed by atoms with Gasteiger partial charge < -0.3 is 0 Å². The van der Waals surface area contributed by atoms with Crippen LogP contribution in [0.1, 0.15) is 0 Å². The van der Waals surface area contributed by atoms with Crippen LogP contribution >= 0.6 is 0 Å². The highest BCUT2D eigenvalue weighted by molar-refractivity contribution is 6.01. The Morgan fingerprint density at radius 1 is 0.317 bits per heavy atom. The molecule has 12 aromatic rings. The van der Waals surface area contributed by atoms with Crippen molar-refractivity contribution in [1.29, 1.82) is 0 Å². The molecule has 0 radical (unpaired) electrons. The molecule has 0 aliphatic rings. The van der Waals surface area contributed by atoms with Gasteiger partial charge in [0, 0.05) is 46.0 Å². The molecule has 60 heavy (non-hydrogen) atoms. The molecular weight excluding hydrogens is 733 g/mol. The zero-order chi connectivity index (χ0) is 39.6. The van der Waals surface area contributed by atoms with E-state index in [1.807, 2.05) is 12.1 Å². The summed E-state index contributed by atoms with van der Waals surface area (Å²) in [5.41, 5.74) is 14.2. The van der Waals surface area contributed by atoms with Crippen LogP contribution in [0, 0.1) is 0 Å².